The van der Waals surface area contributed by atoms with E-state index in [0.717, 1.165) is 28.6 Å². The van der Waals surface area contributed by atoms with Gasteiger partial charge >= 0.3 is 0 Å². The van der Waals surface area contributed by atoms with E-state index in [9.17, 15) is 21.6 Å². The first-order chi connectivity index (χ1) is 8.78. The molecule has 19 heavy (non-hydrogen) atoms. The van der Waals surface area contributed by atoms with E-state index in [1.54, 1.807) is 0 Å². The van der Waals surface area contributed by atoms with Crippen LogP contribution in [0.3, 0.4) is 0 Å². The van der Waals surface area contributed by atoms with E-state index >= 15 is 0 Å². The van der Waals surface area contributed by atoms with Crippen LogP contribution in [0.5, 0.6) is 0 Å². The van der Waals surface area contributed by atoms with Crippen molar-refractivity contribution in [3.8, 4) is 0 Å². The average molecular weight is 293 g/mol. The second-order valence-electron chi connectivity index (χ2n) is 4.79. The Morgan fingerprint density at radius 3 is 2.37 bits per heavy atom. The van der Waals surface area contributed by atoms with Crippen LogP contribution < -0.4 is 0 Å². The minimum atomic E-state index is -4.02. The fourth-order valence-corrected chi connectivity index (χ4v) is 4.13. The van der Waals surface area contributed by atoms with Crippen LogP contribution in [0.1, 0.15) is 19.8 Å². The zero-order valence-corrected chi connectivity index (χ0v) is 11.1. The molecule has 0 spiro atoms. The molecule has 106 valence electrons. The molecule has 1 aliphatic heterocycles. The van der Waals surface area contributed by atoms with Crippen LogP contribution in [-0.4, -0.2) is 31.2 Å². The minimum absolute atomic E-state index is 0.0561. The molecule has 1 heterocycles. The fraction of sp³-hybridized carbons (Fsp3) is 0.500. The first-order valence-electron chi connectivity index (χ1n) is 5.85. The summed E-state index contributed by atoms with van der Waals surface area (Å²) in [5, 5.41) is 0. The topological polar surface area (TPSA) is 37.4 Å². The number of sulfonamides is 1. The van der Waals surface area contributed by atoms with Crippen LogP contribution in [0, 0.1) is 5.82 Å². The molecular weight excluding hydrogens is 279 g/mol. The third-order valence-corrected chi connectivity index (χ3v) is 5.53. The second-order valence-corrected chi connectivity index (χ2v) is 6.65. The van der Waals surface area contributed by atoms with E-state index in [1.807, 2.05) is 0 Å². The summed E-state index contributed by atoms with van der Waals surface area (Å²) in [6.07, 6.45) is -2.25. The summed E-state index contributed by atoms with van der Waals surface area (Å²) in [5.41, 5.74) is -1.69. The highest BCUT2D eigenvalue weighted by molar-refractivity contribution is 7.89. The van der Waals surface area contributed by atoms with E-state index in [-0.39, 0.29) is 17.9 Å². The number of halogens is 3. The summed E-state index contributed by atoms with van der Waals surface area (Å²) in [5.74, 6) is -0.572. The molecule has 0 saturated carbocycles. The van der Waals surface area contributed by atoms with Crippen LogP contribution in [-0.2, 0) is 10.0 Å². The Morgan fingerprint density at radius 2 is 1.84 bits per heavy atom. The molecule has 0 aromatic heterocycles. The molecular formula is C12H14F3NO2S. The van der Waals surface area contributed by atoms with E-state index in [4.69, 9.17) is 0 Å². The summed E-state index contributed by atoms with van der Waals surface area (Å²) in [6, 6.07) is 4.19. The Hall–Kier alpha value is -1.08. The highest BCUT2D eigenvalue weighted by Gasteiger charge is 2.50. The lowest BCUT2D eigenvalue weighted by atomic mass is 10.0. The number of rotatable bonds is 3. The van der Waals surface area contributed by atoms with Gasteiger partial charge in [-0.2, -0.15) is 4.31 Å². The number of hydrogen-bond acceptors (Lipinski definition) is 2. The number of hydrogen-bond donors (Lipinski definition) is 0. The zero-order valence-electron chi connectivity index (χ0n) is 10.3. The van der Waals surface area contributed by atoms with Gasteiger partial charge in [0.05, 0.1) is 10.4 Å². The molecule has 0 amide bonds. The highest BCUT2D eigenvalue weighted by Crippen LogP contribution is 2.38. The predicted octanol–water partition coefficient (Wildman–Crippen LogP) is 2.63. The van der Waals surface area contributed by atoms with Crippen molar-refractivity contribution in [2.75, 3.05) is 6.54 Å². The molecule has 0 N–H and O–H groups in total. The Kier molecular flexibility index (Phi) is 3.61. The molecule has 1 aliphatic rings. The van der Waals surface area contributed by atoms with Gasteiger partial charge in [0.25, 0.3) is 6.43 Å². The van der Waals surface area contributed by atoms with Crippen LogP contribution in [0.25, 0.3) is 0 Å². The van der Waals surface area contributed by atoms with Crippen molar-refractivity contribution in [1.82, 2.24) is 4.31 Å². The molecule has 1 saturated heterocycles. The summed E-state index contributed by atoms with van der Waals surface area (Å²) < 4.78 is 64.5. The van der Waals surface area contributed by atoms with Crippen molar-refractivity contribution in [1.29, 1.82) is 0 Å². The van der Waals surface area contributed by atoms with E-state index in [1.165, 1.54) is 6.92 Å². The van der Waals surface area contributed by atoms with Gasteiger partial charge in [-0.1, -0.05) is 0 Å². The molecule has 1 aromatic rings. The lowest BCUT2D eigenvalue weighted by Gasteiger charge is -2.33. The maximum Gasteiger partial charge on any atom is 0.257 e. The van der Waals surface area contributed by atoms with Crippen molar-refractivity contribution < 1.29 is 21.6 Å². The quantitative estimate of drug-likeness (QED) is 0.859. The Bertz CT molecular complexity index is 559. The number of nitrogens with zero attached hydrogens (tertiary/aromatic N) is 1. The lowest BCUT2D eigenvalue weighted by molar-refractivity contribution is 0.0149. The van der Waals surface area contributed by atoms with Gasteiger partial charge in [0.1, 0.15) is 5.82 Å². The van der Waals surface area contributed by atoms with E-state index in [2.05, 4.69) is 0 Å². The van der Waals surface area contributed by atoms with Crippen molar-refractivity contribution in [2.24, 2.45) is 0 Å². The lowest BCUT2D eigenvalue weighted by Crippen LogP contribution is -2.49. The van der Waals surface area contributed by atoms with Crippen molar-refractivity contribution in [3.05, 3.63) is 30.1 Å². The summed E-state index contributed by atoms with van der Waals surface area (Å²) >= 11 is 0. The van der Waals surface area contributed by atoms with Crippen LogP contribution in [0.4, 0.5) is 13.2 Å². The molecule has 0 aliphatic carbocycles. The van der Waals surface area contributed by atoms with E-state index in [0.29, 0.717) is 6.42 Å². The first-order valence-corrected chi connectivity index (χ1v) is 7.29. The molecule has 0 bridgehead atoms. The van der Waals surface area contributed by atoms with Gasteiger partial charge in [0.2, 0.25) is 10.0 Å². The van der Waals surface area contributed by atoms with E-state index < -0.39 is 27.8 Å². The van der Waals surface area contributed by atoms with Gasteiger partial charge in [-0.3, -0.25) is 0 Å². The molecule has 1 aromatic carbocycles. The molecule has 2 rings (SSSR count). The van der Waals surface area contributed by atoms with Gasteiger partial charge in [-0.05, 0) is 44.0 Å². The Labute approximate surface area is 110 Å². The third kappa shape index (κ3) is 2.36. The molecule has 1 atom stereocenters. The molecule has 0 unspecified atom stereocenters. The van der Waals surface area contributed by atoms with Gasteiger partial charge in [0.15, 0.2) is 0 Å². The van der Waals surface area contributed by atoms with Crippen LogP contribution in [0.15, 0.2) is 29.2 Å². The zero-order chi connectivity index (χ0) is 14.3. The molecule has 7 heteroatoms. The SMILES string of the molecule is C[C@@]1(C(F)F)CCCN1S(=O)(=O)c1ccc(F)cc1. The van der Waals surface area contributed by atoms with Crippen molar-refractivity contribution >= 4 is 10.0 Å². The molecule has 1 fully saturated rings. The van der Waals surface area contributed by atoms with Gasteiger partial charge < -0.3 is 0 Å². The van der Waals surface area contributed by atoms with Gasteiger partial charge in [-0.25, -0.2) is 21.6 Å². The molecule has 0 radical (unpaired) electrons. The summed E-state index contributed by atoms with van der Waals surface area (Å²) in [7, 11) is -4.02. The van der Waals surface area contributed by atoms with Crippen molar-refractivity contribution in [3.63, 3.8) is 0 Å². The minimum Gasteiger partial charge on any atom is -0.208 e. The first kappa shape index (κ1) is 14.3. The van der Waals surface area contributed by atoms with Crippen molar-refractivity contribution in [2.45, 2.75) is 36.6 Å². The van der Waals surface area contributed by atoms with Gasteiger partial charge in [-0.15, -0.1) is 0 Å². The fourth-order valence-electron chi connectivity index (χ4n) is 2.31. The Morgan fingerprint density at radius 1 is 1.26 bits per heavy atom. The summed E-state index contributed by atoms with van der Waals surface area (Å²) in [4.78, 5) is -0.164. The number of benzene rings is 1. The van der Waals surface area contributed by atoms with Crippen LogP contribution >= 0.6 is 0 Å². The maximum absolute atomic E-state index is 13.1. The normalized spacial score (nSPS) is 25.1. The Balaban J connectivity index is 2.42. The average Bonchev–Trinajstić information content (AvgIpc) is 2.74. The largest absolute Gasteiger partial charge is 0.257 e. The maximum atomic E-state index is 13.1. The smallest absolute Gasteiger partial charge is 0.208 e. The monoisotopic (exact) mass is 293 g/mol. The van der Waals surface area contributed by atoms with Gasteiger partial charge in [0, 0.05) is 6.54 Å². The molecule has 3 nitrogen and oxygen atoms in total. The predicted molar refractivity (Wildman–Crippen MR) is 63.9 cm³/mol. The number of alkyl halides is 2. The standard InChI is InChI=1S/C12H14F3NO2S/c1-12(11(14)15)7-2-8-16(12)19(17,18)10-5-3-9(13)4-6-10/h3-6,11H,2,7-8H2,1H3/t12-/m0/s1. The highest BCUT2D eigenvalue weighted by atomic mass is 32.2. The van der Waals surface area contributed by atoms with Crippen LogP contribution in [0.2, 0.25) is 0 Å². The second kappa shape index (κ2) is 4.79. The third-order valence-electron chi connectivity index (χ3n) is 3.49. The summed E-state index contributed by atoms with van der Waals surface area (Å²) in [6.45, 7) is 1.30.